The number of hydrogen-bond acceptors (Lipinski definition) is 4. The minimum Gasteiger partial charge on any atom is -0.396 e. The summed E-state index contributed by atoms with van der Waals surface area (Å²) in [5.41, 5.74) is 0.891. The van der Waals surface area contributed by atoms with E-state index in [1.165, 1.54) is 38.8 Å². The van der Waals surface area contributed by atoms with Crippen molar-refractivity contribution in [1.29, 1.82) is 0 Å². The predicted molar refractivity (Wildman–Crippen MR) is 88.6 cm³/mol. The number of piperidine rings is 1. The summed E-state index contributed by atoms with van der Waals surface area (Å²) in [5.74, 6) is 1.51. The number of aliphatic hydroxyl groups excluding tert-OH is 1. The van der Waals surface area contributed by atoms with Crippen LogP contribution in [0, 0.1) is 11.8 Å². The lowest BCUT2D eigenvalue weighted by Crippen LogP contribution is -2.40. The fourth-order valence-electron chi connectivity index (χ4n) is 3.25. The molecule has 1 aromatic heterocycles. The van der Waals surface area contributed by atoms with E-state index in [1.54, 1.807) is 0 Å². The van der Waals surface area contributed by atoms with E-state index in [4.69, 9.17) is 5.11 Å². The fraction of sp³-hybridized carbons (Fsp3) is 0.882. The first-order valence-electron chi connectivity index (χ1n) is 8.82. The summed E-state index contributed by atoms with van der Waals surface area (Å²) in [6, 6.07) is 0.714. The third-order valence-electron chi connectivity index (χ3n) is 4.83. The highest BCUT2D eigenvalue weighted by atomic mass is 16.3. The molecule has 1 aliphatic rings. The van der Waals surface area contributed by atoms with Gasteiger partial charge in [0, 0.05) is 31.8 Å². The third-order valence-corrected chi connectivity index (χ3v) is 4.83. The van der Waals surface area contributed by atoms with Gasteiger partial charge >= 0.3 is 0 Å². The summed E-state index contributed by atoms with van der Waals surface area (Å²) in [7, 11) is 0. The second-order valence-corrected chi connectivity index (χ2v) is 7.21. The molecule has 2 rings (SSSR count). The molecule has 0 amide bonds. The lowest BCUT2D eigenvalue weighted by Gasteiger charge is -2.36. The van der Waals surface area contributed by atoms with Crippen LogP contribution in [0.3, 0.4) is 0 Å². The molecule has 0 bridgehead atoms. The van der Waals surface area contributed by atoms with Crippen LogP contribution in [-0.2, 0) is 13.0 Å². The van der Waals surface area contributed by atoms with E-state index < -0.39 is 0 Å². The Hall–Kier alpha value is -0.940. The van der Waals surface area contributed by atoms with Crippen LogP contribution in [0.2, 0.25) is 0 Å². The molecule has 1 fully saturated rings. The third kappa shape index (κ3) is 5.36. The molecular weight excluding hydrogens is 276 g/mol. The van der Waals surface area contributed by atoms with Crippen LogP contribution in [-0.4, -0.2) is 50.7 Å². The molecule has 0 unspecified atom stereocenters. The maximum atomic E-state index is 8.93. The van der Waals surface area contributed by atoms with Crippen molar-refractivity contribution in [2.24, 2.45) is 11.8 Å². The molecule has 0 aromatic carbocycles. The Kier molecular flexibility index (Phi) is 6.83. The number of aliphatic hydroxyl groups is 1. The van der Waals surface area contributed by atoms with Gasteiger partial charge in [0.2, 0.25) is 0 Å². The number of rotatable bonds is 8. The van der Waals surface area contributed by atoms with Gasteiger partial charge in [0.05, 0.1) is 5.69 Å². The highest BCUT2D eigenvalue weighted by molar-refractivity contribution is 4.92. The van der Waals surface area contributed by atoms with E-state index >= 15 is 0 Å². The molecule has 126 valence electrons. The molecule has 0 radical (unpaired) electrons. The van der Waals surface area contributed by atoms with Gasteiger partial charge in [-0.05, 0) is 57.5 Å². The van der Waals surface area contributed by atoms with E-state index in [9.17, 15) is 0 Å². The van der Waals surface area contributed by atoms with Crippen LogP contribution in [0.25, 0.3) is 0 Å². The maximum absolute atomic E-state index is 8.93. The summed E-state index contributed by atoms with van der Waals surface area (Å²) in [6.07, 6.45) is 7.73. The smallest absolute Gasteiger partial charge is 0.0849 e. The molecule has 0 saturated carbocycles. The first-order valence-corrected chi connectivity index (χ1v) is 8.82. The number of hydrogen-bond donors (Lipinski definition) is 1. The van der Waals surface area contributed by atoms with Crippen LogP contribution in [0.4, 0.5) is 0 Å². The fourth-order valence-corrected chi connectivity index (χ4v) is 3.25. The maximum Gasteiger partial charge on any atom is 0.0849 e. The molecule has 5 nitrogen and oxygen atoms in total. The van der Waals surface area contributed by atoms with E-state index in [1.807, 2.05) is 10.9 Å². The number of aromatic nitrogens is 3. The van der Waals surface area contributed by atoms with Crippen molar-refractivity contribution in [1.82, 2.24) is 19.9 Å². The van der Waals surface area contributed by atoms with Crippen LogP contribution in [0.15, 0.2) is 6.20 Å². The Bertz CT molecular complexity index is 424. The molecule has 0 aliphatic carbocycles. The van der Waals surface area contributed by atoms with E-state index in [2.05, 4.69) is 36.0 Å². The van der Waals surface area contributed by atoms with Gasteiger partial charge in [-0.15, -0.1) is 5.10 Å². The lowest BCUT2D eigenvalue weighted by molar-refractivity contribution is 0.123. The Morgan fingerprint density at radius 1 is 1.23 bits per heavy atom. The van der Waals surface area contributed by atoms with Crippen molar-refractivity contribution < 1.29 is 5.11 Å². The summed E-state index contributed by atoms with van der Waals surface area (Å²) in [5, 5.41) is 17.2. The Balaban J connectivity index is 1.72. The highest BCUT2D eigenvalue weighted by Gasteiger charge is 2.23. The molecule has 22 heavy (non-hydrogen) atoms. The number of nitrogens with zero attached hydrogens (tertiary/aromatic N) is 4. The monoisotopic (exact) mass is 308 g/mol. The molecular formula is C17H32N4O. The molecule has 5 heteroatoms. The van der Waals surface area contributed by atoms with E-state index in [0.29, 0.717) is 18.4 Å². The standard InChI is InChI=1S/C17H32N4O/c1-14(2)4-5-15(3)20-9-6-16(7-10-20)12-21-13-17(8-11-22)18-19-21/h13-16,22H,4-12H2,1-3H3/t15-/m0/s1. The zero-order valence-electron chi connectivity index (χ0n) is 14.4. The van der Waals surface area contributed by atoms with E-state index in [-0.39, 0.29) is 6.61 Å². The van der Waals surface area contributed by atoms with E-state index in [0.717, 1.165) is 18.2 Å². The van der Waals surface area contributed by atoms with Crippen LogP contribution in [0.5, 0.6) is 0 Å². The van der Waals surface area contributed by atoms with Gasteiger partial charge in [-0.3, -0.25) is 4.68 Å². The second-order valence-electron chi connectivity index (χ2n) is 7.21. The summed E-state index contributed by atoms with van der Waals surface area (Å²) in [6.45, 7) is 10.5. The average Bonchev–Trinajstić information content (AvgIpc) is 2.93. The van der Waals surface area contributed by atoms with Crippen LogP contribution in [0.1, 0.15) is 52.1 Å². The minimum atomic E-state index is 0.144. The zero-order valence-corrected chi connectivity index (χ0v) is 14.4. The first-order chi connectivity index (χ1) is 10.6. The second kappa shape index (κ2) is 8.63. The predicted octanol–water partition coefficient (Wildman–Crippen LogP) is 2.35. The van der Waals surface area contributed by atoms with Gasteiger partial charge in [-0.2, -0.15) is 0 Å². The lowest BCUT2D eigenvalue weighted by atomic mass is 9.94. The van der Waals surface area contributed by atoms with Gasteiger partial charge in [0.1, 0.15) is 0 Å². The SMILES string of the molecule is CC(C)CC[C@H](C)N1CCC(Cn2cc(CCO)nn2)CC1. The Morgan fingerprint density at radius 2 is 1.95 bits per heavy atom. The molecule has 1 aromatic rings. The topological polar surface area (TPSA) is 54.2 Å². The summed E-state index contributed by atoms with van der Waals surface area (Å²) in [4.78, 5) is 2.65. The minimum absolute atomic E-state index is 0.144. The summed E-state index contributed by atoms with van der Waals surface area (Å²) >= 11 is 0. The normalized spacial score (nSPS) is 19.0. The molecule has 1 N–H and O–H groups in total. The van der Waals surface area contributed by atoms with Gasteiger partial charge < -0.3 is 10.0 Å². The highest BCUT2D eigenvalue weighted by Crippen LogP contribution is 2.22. The van der Waals surface area contributed by atoms with Crippen LogP contribution >= 0.6 is 0 Å². The van der Waals surface area contributed by atoms with Gasteiger partial charge in [-0.25, -0.2) is 0 Å². The van der Waals surface area contributed by atoms with Gasteiger partial charge in [0.15, 0.2) is 0 Å². The van der Waals surface area contributed by atoms with Crippen molar-refractivity contribution in [2.45, 2.75) is 65.5 Å². The molecule has 1 aliphatic heterocycles. The average molecular weight is 308 g/mol. The molecule has 1 atom stereocenters. The first kappa shape index (κ1) is 17.4. The molecule has 2 heterocycles. The van der Waals surface area contributed by atoms with Crippen molar-refractivity contribution in [3.63, 3.8) is 0 Å². The van der Waals surface area contributed by atoms with Gasteiger partial charge in [0.25, 0.3) is 0 Å². The van der Waals surface area contributed by atoms with Crippen molar-refractivity contribution in [2.75, 3.05) is 19.7 Å². The zero-order chi connectivity index (χ0) is 15.9. The largest absolute Gasteiger partial charge is 0.396 e. The quantitative estimate of drug-likeness (QED) is 0.801. The van der Waals surface area contributed by atoms with Crippen LogP contribution < -0.4 is 0 Å². The van der Waals surface area contributed by atoms with Crippen molar-refractivity contribution in [3.8, 4) is 0 Å². The Labute approximate surface area is 134 Å². The molecule has 0 spiro atoms. The van der Waals surface area contributed by atoms with Crippen molar-refractivity contribution >= 4 is 0 Å². The van der Waals surface area contributed by atoms with Crippen molar-refractivity contribution in [3.05, 3.63) is 11.9 Å². The number of likely N-dealkylation sites (tertiary alicyclic amines) is 1. The Morgan fingerprint density at radius 3 is 2.59 bits per heavy atom. The molecule has 1 saturated heterocycles. The summed E-state index contributed by atoms with van der Waals surface area (Å²) < 4.78 is 1.95. The van der Waals surface area contributed by atoms with Gasteiger partial charge in [-0.1, -0.05) is 19.1 Å².